The lowest BCUT2D eigenvalue weighted by Gasteiger charge is -2.18. The summed E-state index contributed by atoms with van der Waals surface area (Å²) in [7, 11) is 0. The second-order valence-corrected chi connectivity index (χ2v) is 3.68. The SMILES string of the molecule is CC(=O)C#CC(C)(O)CC(C)C. The molecule has 0 spiro atoms. The lowest BCUT2D eigenvalue weighted by Crippen LogP contribution is -2.24. The molecule has 12 heavy (non-hydrogen) atoms. The van der Waals surface area contributed by atoms with Crippen molar-refractivity contribution in [2.24, 2.45) is 5.92 Å². The molecule has 1 N–H and O–H groups in total. The van der Waals surface area contributed by atoms with Gasteiger partial charge < -0.3 is 5.11 Å². The summed E-state index contributed by atoms with van der Waals surface area (Å²) < 4.78 is 0. The largest absolute Gasteiger partial charge is 0.378 e. The Kier molecular flexibility index (Phi) is 3.99. The highest BCUT2D eigenvalue weighted by molar-refractivity contribution is 5.93. The minimum atomic E-state index is -1.03. The van der Waals surface area contributed by atoms with Crippen LogP contribution in [0, 0.1) is 17.8 Å². The highest BCUT2D eigenvalue weighted by atomic mass is 16.3. The van der Waals surface area contributed by atoms with E-state index in [1.165, 1.54) is 6.92 Å². The van der Waals surface area contributed by atoms with E-state index in [1.807, 2.05) is 13.8 Å². The predicted octanol–water partition coefficient (Wildman–Crippen LogP) is 1.38. The van der Waals surface area contributed by atoms with E-state index >= 15 is 0 Å². The van der Waals surface area contributed by atoms with Gasteiger partial charge in [0.2, 0.25) is 5.78 Å². The van der Waals surface area contributed by atoms with Crippen LogP contribution in [0.15, 0.2) is 0 Å². The number of aliphatic hydroxyl groups is 1. The molecule has 0 rings (SSSR count). The maximum atomic E-state index is 10.5. The van der Waals surface area contributed by atoms with Gasteiger partial charge in [0, 0.05) is 6.92 Å². The molecule has 0 aromatic heterocycles. The Morgan fingerprint density at radius 2 is 2.08 bits per heavy atom. The van der Waals surface area contributed by atoms with E-state index in [9.17, 15) is 9.90 Å². The van der Waals surface area contributed by atoms with Gasteiger partial charge in [-0.1, -0.05) is 19.8 Å². The minimum absolute atomic E-state index is 0.209. The van der Waals surface area contributed by atoms with Crippen LogP contribution in [-0.2, 0) is 4.79 Å². The van der Waals surface area contributed by atoms with Crippen LogP contribution in [0.1, 0.15) is 34.1 Å². The van der Waals surface area contributed by atoms with Crippen molar-refractivity contribution in [3.05, 3.63) is 0 Å². The maximum Gasteiger partial charge on any atom is 0.202 e. The fourth-order valence-electron chi connectivity index (χ4n) is 1.07. The minimum Gasteiger partial charge on any atom is -0.378 e. The summed E-state index contributed by atoms with van der Waals surface area (Å²) in [6.07, 6.45) is 0.591. The molecule has 0 amide bonds. The monoisotopic (exact) mass is 168 g/mol. The van der Waals surface area contributed by atoms with Gasteiger partial charge in [-0.05, 0) is 25.2 Å². The van der Waals surface area contributed by atoms with Gasteiger partial charge in [0.05, 0.1) is 0 Å². The zero-order valence-corrected chi connectivity index (χ0v) is 8.14. The van der Waals surface area contributed by atoms with Crippen LogP contribution < -0.4 is 0 Å². The van der Waals surface area contributed by atoms with Crippen molar-refractivity contribution >= 4 is 5.78 Å². The summed E-state index contributed by atoms with van der Waals surface area (Å²) in [6.45, 7) is 7.02. The van der Waals surface area contributed by atoms with Crippen LogP contribution in [-0.4, -0.2) is 16.5 Å². The van der Waals surface area contributed by atoms with Crippen molar-refractivity contribution in [3.8, 4) is 11.8 Å². The molecule has 0 bridgehead atoms. The molecule has 0 aromatic carbocycles. The lowest BCUT2D eigenvalue weighted by atomic mass is 9.95. The van der Waals surface area contributed by atoms with Crippen LogP contribution in [0.3, 0.4) is 0 Å². The first-order valence-electron chi connectivity index (χ1n) is 4.09. The second kappa shape index (κ2) is 4.27. The molecule has 68 valence electrons. The fourth-order valence-corrected chi connectivity index (χ4v) is 1.07. The van der Waals surface area contributed by atoms with Gasteiger partial charge in [0.1, 0.15) is 5.60 Å². The van der Waals surface area contributed by atoms with E-state index in [0.717, 1.165) is 0 Å². The topological polar surface area (TPSA) is 37.3 Å². The zero-order chi connectivity index (χ0) is 9.78. The highest BCUT2D eigenvalue weighted by Crippen LogP contribution is 2.14. The van der Waals surface area contributed by atoms with Crippen molar-refractivity contribution in [1.82, 2.24) is 0 Å². The first-order chi connectivity index (χ1) is 5.33. The van der Waals surface area contributed by atoms with Gasteiger partial charge >= 0.3 is 0 Å². The molecule has 0 aliphatic rings. The van der Waals surface area contributed by atoms with Gasteiger partial charge in [0.25, 0.3) is 0 Å². The molecular weight excluding hydrogens is 152 g/mol. The Balaban J connectivity index is 4.24. The lowest BCUT2D eigenvalue weighted by molar-refractivity contribution is -0.111. The van der Waals surface area contributed by atoms with E-state index < -0.39 is 5.60 Å². The van der Waals surface area contributed by atoms with Crippen molar-refractivity contribution in [2.45, 2.75) is 39.7 Å². The van der Waals surface area contributed by atoms with Gasteiger partial charge in [-0.2, -0.15) is 0 Å². The highest BCUT2D eigenvalue weighted by Gasteiger charge is 2.18. The Labute approximate surface area is 74.0 Å². The number of hydrogen-bond acceptors (Lipinski definition) is 2. The van der Waals surface area contributed by atoms with Crippen molar-refractivity contribution in [3.63, 3.8) is 0 Å². The third-order valence-electron chi connectivity index (χ3n) is 1.31. The van der Waals surface area contributed by atoms with Gasteiger partial charge in [-0.3, -0.25) is 4.79 Å². The number of rotatable bonds is 2. The molecule has 0 heterocycles. The smallest absolute Gasteiger partial charge is 0.202 e. The third kappa shape index (κ3) is 5.94. The van der Waals surface area contributed by atoms with E-state index in [-0.39, 0.29) is 5.78 Å². The Morgan fingerprint density at radius 1 is 1.58 bits per heavy atom. The van der Waals surface area contributed by atoms with E-state index in [1.54, 1.807) is 6.92 Å². The average molecular weight is 168 g/mol. The number of Topliss-reactive ketones (excluding diaryl/α,β-unsaturated/α-hetero) is 1. The van der Waals surface area contributed by atoms with E-state index in [2.05, 4.69) is 11.8 Å². The molecule has 0 saturated carbocycles. The standard InChI is InChI=1S/C10H16O2/c1-8(2)7-10(4,12)6-5-9(3)11/h8,12H,7H2,1-4H3. The third-order valence-corrected chi connectivity index (χ3v) is 1.31. The quantitative estimate of drug-likeness (QED) is 0.499. The molecule has 0 radical (unpaired) electrons. The van der Waals surface area contributed by atoms with Crippen LogP contribution in [0.2, 0.25) is 0 Å². The molecule has 0 fully saturated rings. The maximum absolute atomic E-state index is 10.5. The first-order valence-corrected chi connectivity index (χ1v) is 4.09. The van der Waals surface area contributed by atoms with Gasteiger partial charge in [-0.25, -0.2) is 0 Å². The van der Waals surface area contributed by atoms with E-state index in [4.69, 9.17) is 0 Å². The summed E-state index contributed by atoms with van der Waals surface area (Å²) in [5.41, 5.74) is -1.03. The Bertz CT molecular complexity index is 216. The van der Waals surface area contributed by atoms with Crippen LogP contribution in [0.5, 0.6) is 0 Å². The molecule has 0 aromatic rings. The van der Waals surface area contributed by atoms with Crippen molar-refractivity contribution in [1.29, 1.82) is 0 Å². The Hall–Kier alpha value is -0.810. The number of hydrogen-bond donors (Lipinski definition) is 1. The number of carbonyl (C=O) groups is 1. The molecule has 2 heteroatoms. The number of carbonyl (C=O) groups excluding carboxylic acids is 1. The summed E-state index contributed by atoms with van der Waals surface area (Å²) in [6, 6.07) is 0. The van der Waals surface area contributed by atoms with Crippen molar-refractivity contribution < 1.29 is 9.90 Å². The predicted molar refractivity (Wildman–Crippen MR) is 48.5 cm³/mol. The van der Waals surface area contributed by atoms with E-state index in [0.29, 0.717) is 12.3 Å². The summed E-state index contributed by atoms with van der Waals surface area (Å²) >= 11 is 0. The summed E-state index contributed by atoms with van der Waals surface area (Å²) in [5, 5.41) is 9.61. The first kappa shape index (κ1) is 11.2. The second-order valence-electron chi connectivity index (χ2n) is 3.68. The van der Waals surface area contributed by atoms with Crippen LogP contribution >= 0.6 is 0 Å². The van der Waals surface area contributed by atoms with Crippen LogP contribution in [0.4, 0.5) is 0 Å². The van der Waals surface area contributed by atoms with Crippen molar-refractivity contribution in [2.75, 3.05) is 0 Å². The molecule has 1 unspecified atom stereocenters. The van der Waals surface area contributed by atoms with Crippen LogP contribution in [0.25, 0.3) is 0 Å². The fraction of sp³-hybridized carbons (Fsp3) is 0.700. The molecule has 1 atom stereocenters. The summed E-state index contributed by atoms with van der Waals surface area (Å²) in [4.78, 5) is 10.5. The van der Waals surface area contributed by atoms with Gasteiger partial charge in [-0.15, -0.1) is 0 Å². The number of ketones is 1. The average Bonchev–Trinajstić information content (AvgIpc) is 1.81. The molecule has 0 aliphatic carbocycles. The Morgan fingerprint density at radius 3 is 2.42 bits per heavy atom. The molecule has 2 nitrogen and oxygen atoms in total. The normalized spacial score (nSPS) is 14.8. The molecule has 0 aliphatic heterocycles. The zero-order valence-electron chi connectivity index (χ0n) is 8.14. The molecule has 0 saturated heterocycles. The summed E-state index contributed by atoms with van der Waals surface area (Å²) in [5.74, 6) is 5.06. The molecular formula is C10H16O2. The van der Waals surface area contributed by atoms with Gasteiger partial charge in [0.15, 0.2) is 0 Å².